The SMILES string of the molecule is CCOc1ccc2ccccc2c1/C=C(\C#N)S(C)(=O)=O. The quantitative estimate of drug-likeness (QED) is 0.814. The zero-order chi connectivity index (χ0) is 15.5. The minimum absolute atomic E-state index is 0.278. The number of allylic oxidation sites excluding steroid dienone is 1. The molecule has 0 aliphatic rings. The summed E-state index contributed by atoms with van der Waals surface area (Å²) in [4.78, 5) is -0.278. The van der Waals surface area contributed by atoms with Crippen LogP contribution in [0.2, 0.25) is 0 Å². The van der Waals surface area contributed by atoms with Crippen molar-refractivity contribution in [2.24, 2.45) is 0 Å². The fourth-order valence-corrected chi connectivity index (χ4v) is 2.56. The predicted molar refractivity (Wildman–Crippen MR) is 83.6 cm³/mol. The Morgan fingerprint density at radius 2 is 2.00 bits per heavy atom. The third kappa shape index (κ3) is 3.23. The third-order valence-electron chi connectivity index (χ3n) is 3.02. The van der Waals surface area contributed by atoms with Crippen molar-refractivity contribution in [3.05, 3.63) is 46.9 Å². The molecule has 0 aliphatic heterocycles. The molecule has 21 heavy (non-hydrogen) atoms. The smallest absolute Gasteiger partial charge is 0.185 e. The first-order chi connectivity index (χ1) is 9.97. The van der Waals surface area contributed by atoms with Crippen LogP contribution in [0.3, 0.4) is 0 Å². The van der Waals surface area contributed by atoms with Gasteiger partial charge in [-0.05, 0) is 29.8 Å². The van der Waals surface area contributed by atoms with E-state index < -0.39 is 9.84 Å². The van der Waals surface area contributed by atoms with E-state index in [1.165, 1.54) is 6.08 Å². The molecule has 2 aromatic carbocycles. The number of sulfone groups is 1. The van der Waals surface area contributed by atoms with Crippen molar-refractivity contribution in [1.29, 1.82) is 5.26 Å². The molecule has 108 valence electrons. The number of nitrogens with zero attached hydrogens (tertiary/aromatic N) is 1. The van der Waals surface area contributed by atoms with Gasteiger partial charge in [0.05, 0.1) is 6.61 Å². The minimum atomic E-state index is -3.57. The summed E-state index contributed by atoms with van der Waals surface area (Å²) in [5.74, 6) is 0.563. The highest BCUT2D eigenvalue weighted by Crippen LogP contribution is 2.30. The largest absolute Gasteiger partial charge is 0.493 e. The molecular formula is C16H15NO3S. The van der Waals surface area contributed by atoms with E-state index in [0.29, 0.717) is 17.9 Å². The molecule has 0 saturated carbocycles. The zero-order valence-electron chi connectivity index (χ0n) is 11.8. The lowest BCUT2D eigenvalue weighted by molar-refractivity contribution is 0.340. The van der Waals surface area contributed by atoms with Crippen LogP contribution in [0.5, 0.6) is 5.75 Å². The van der Waals surface area contributed by atoms with Crippen molar-refractivity contribution in [1.82, 2.24) is 0 Å². The van der Waals surface area contributed by atoms with Crippen molar-refractivity contribution in [2.75, 3.05) is 12.9 Å². The van der Waals surface area contributed by atoms with Crippen molar-refractivity contribution < 1.29 is 13.2 Å². The van der Waals surface area contributed by atoms with Gasteiger partial charge in [0.15, 0.2) is 9.84 Å². The summed E-state index contributed by atoms with van der Waals surface area (Å²) in [5, 5.41) is 10.9. The molecule has 0 spiro atoms. The van der Waals surface area contributed by atoms with Gasteiger partial charge in [0.25, 0.3) is 0 Å². The molecule has 0 saturated heterocycles. The molecule has 2 rings (SSSR count). The number of benzene rings is 2. The van der Waals surface area contributed by atoms with Crippen molar-refractivity contribution >= 4 is 26.7 Å². The second-order valence-electron chi connectivity index (χ2n) is 4.52. The van der Waals surface area contributed by atoms with E-state index >= 15 is 0 Å². The van der Waals surface area contributed by atoms with Crippen LogP contribution in [-0.4, -0.2) is 21.3 Å². The van der Waals surface area contributed by atoms with E-state index in [9.17, 15) is 8.42 Å². The lowest BCUT2D eigenvalue weighted by atomic mass is 10.0. The summed E-state index contributed by atoms with van der Waals surface area (Å²) < 4.78 is 28.8. The molecule has 0 aromatic heterocycles. The van der Waals surface area contributed by atoms with Crippen molar-refractivity contribution in [2.45, 2.75) is 6.92 Å². The number of nitriles is 1. The third-order valence-corrected chi connectivity index (χ3v) is 4.02. The van der Waals surface area contributed by atoms with Crippen LogP contribution in [0, 0.1) is 11.3 Å². The Kier molecular flexibility index (Phi) is 4.29. The molecule has 0 amide bonds. The van der Waals surface area contributed by atoms with Crippen LogP contribution < -0.4 is 4.74 Å². The van der Waals surface area contributed by atoms with Crippen molar-refractivity contribution in [3.63, 3.8) is 0 Å². The average molecular weight is 301 g/mol. The van der Waals surface area contributed by atoms with E-state index in [1.54, 1.807) is 12.1 Å². The van der Waals surface area contributed by atoms with E-state index in [2.05, 4.69) is 0 Å². The van der Waals surface area contributed by atoms with E-state index in [0.717, 1.165) is 17.0 Å². The summed E-state index contributed by atoms with van der Waals surface area (Å²) in [5.41, 5.74) is 0.608. The van der Waals surface area contributed by atoms with Gasteiger partial charge in [-0.15, -0.1) is 0 Å². The van der Waals surface area contributed by atoms with Gasteiger partial charge in [0.2, 0.25) is 0 Å². The molecule has 0 radical (unpaired) electrons. The van der Waals surface area contributed by atoms with Crippen LogP contribution in [-0.2, 0) is 9.84 Å². The fourth-order valence-electron chi connectivity index (χ4n) is 2.06. The Morgan fingerprint density at radius 3 is 2.62 bits per heavy atom. The van der Waals surface area contributed by atoms with E-state index in [-0.39, 0.29) is 4.91 Å². The highest BCUT2D eigenvalue weighted by molar-refractivity contribution is 7.95. The number of rotatable bonds is 4. The fraction of sp³-hybridized carbons (Fsp3) is 0.188. The molecule has 0 N–H and O–H groups in total. The van der Waals surface area contributed by atoms with Gasteiger partial charge in [-0.1, -0.05) is 30.3 Å². The highest BCUT2D eigenvalue weighted by atomic mass is 32.2. The molecule has 0 unspecified atom stereocenters. The summed E-state index contributed by atoms with van der Waals surface area (Å²) in [6, 6.07) is 13.0. The first kappa shape index (κ1) is 15.1. The number of hydrogen-bond acceptors (Lipinski definition) is 4. The normalized spacial score (nSPS) is 12.1. The molecule has 4 nitrogen and oxygen atoms in total. The maximum absolute atomic E-state index is 11.6. The van der Waals surface area contributed by atoms with Gasteiger partial charge < -0.3 is 4.74 Å². The van der Waals surface area contributed by atoms with Crippen LogP contribution in [0.25, 0.3) is 16.8 Å². The van der Waals surface area contributed by atoms with Crippen molar-refractivity contribution in [3.8, 4) is 11.8 Å². The van der Waals surface area contributed by atoms with Gasteiger partial charge in [-0.3, -0.25) is 0 Å². The van der Waals surface area contributed by atoms with Gasteiger partial charge in [-0.25, -0.2) is 8.42 Å². The Balaban J connectivity index is 2.79. The topological polar surface area (TPSA) is 67.2 Å². The van der Waals surface area contributed by atoms with Gasteiger partial charge >= 0.3 is 0 Å². The Bertz CT molecular complexity index is 845. The summed E-state index contributed by atoms with van der Waals surface area (Å²) in [6.45, 7) is 2.31. The summed E-state index contributed by atoms with van der Waals surface area (Å²) >= 11 is 0. The number of ether oxygens (including phenoxy) is 1. The van der Waals surface area contributed by atoms with Gasteiger partial charge in [0.1, 0.15) is 16.7 Å². The van der Waals surface area contributed by atoms with Crippen LogP contribution in [0.15, 0.2) is 41.3 Å². The second kappa shape index (κ2) is 5.98. The standard InChI is InChI=1S/C16H15NO3S/c1-3-20-16-9-8-12-6-4-5-7-14(12)15(16)10-13(11-17)21(2,18)19/h4-10H,3H2,1-2H3/b13-10+. The average Bonchev–Trinajstić information content (AvgIpc) is 2.45. The van der Waals surface area contributed by atoms with Crippen LogP contribution in [0.1, 0.15) is 12.5 Å². The Labute approximate surface area is 124 Å². The summed E-state index contributed by atoms with van der Waals surface area (Å²) in [6.07, 6.45) is 2.40. The number of fused-ring (bicyclic) bond motifs is 1. The molecule has 0 bridgehead atoms. The van der Waals surface area contributed by atoms with Crippen LogP contribution >= 0.6 is 0 Å². The maximum Gasteiger partial charge on any atom is 0.185 e. The second-order valence-corrected chi connectivity index (χ2v) is 6.51. The summed E-state index contributed by atoms with van der Waals surface area (Å²) in [7, 11) is -3.57. The molecule has 0 aliphatic carbocycles. The molecule has 0 fully saturated rings. The number of hydrogen-bond donors (Lipinski definition) is 0. The Hall–Kier alpha value is -2.32. The monoisotopic (exact) mass is 301 g/mol. The lowest BCUT2D eigenvalue weighted by Crippen LogP contribution is -2.00. The maximum atomic E-state index is 11.6. The minimum Gasteiger partial charge on any atom is -0.493 e. The zero-order valence-corrected chi connectivity index (χ0v) is 12.6. The van der Waals surface area contributed by atoms with Crippen LogP contribution in [0.4, 0.5) is 0 Å². The van der Waals surface area contributed by atoms with E-state index in [4.69, 9.17) is 10.00 Å². The molecule has 5 heteroatoms. The first-order valence-electron chi connectivity index (χ1n) is 6.43. The molecule has 0 atom stereocenters. The molecule has 0 heterocycles. The Morgan fingerprint density at radius 1 is 1.29 bits per heavy atom. The predicted octanol–water partition coefficient (Wildman–Crippen LogP) is 3.15. The van der Waals surface area contributed by atoms with Gasteiger partial charge in [-0.2, -0.15) is 5.26 Å². The molecular weight excluding hydrogens is 286 g/mol. The highest BCUT2D eigenvalue weighted by Gasteiger charge is 2.14. The lowest BCUT2D eigenvalue weighted by Gasteiger charge is -2.11. The first-order valence-corrected chi connectivity index (χ1v) is 8.33. The molecule has 2 aromatic rings. The van der Waals surface area contributed by atoms with Gasteiger partial charge in [0, 0.05) is 11.8 Å². The van der Waals surface area contributed by atoms with E-state index in [1.807, 2.05) is 37.3 Å².